The maximum absolute atomic E-state index is 12.8. The minimum absolute atomic E-state index is 0.0889. The van der Waals surface area contributed by atoms with E-state index in [1.165, 1.54) is 6.07 Å². The van der Waals surface area contributed by atoms with Gasteiger partial charge in [0.2, 0.25) is 0 Å². The Morgan fingerprint density at radius 3 is 2.69 bits per heavy atom. The minimum Gasteiger partial charge on any atom is -0.489 e. The third kappa shape index (κ3) is 4.96. The molecule has 0 atom stereocenters. The van der Waals surface area contributed by atoms with Gasteiger partial charge in [0, 0.05) is 23.2 Å². The number of fused-ring (bicyclic) bond motifs is 1. The number of hydrogen-bond donors (Lipinski definition) is 2. The summed E-state index contributed by atoms with van der Waals surface area (Å²) in [6.45, 7) is 2.77. The van der Waals surface area contributed by atoms with E-state index in [1.54, 1.807) is 17.4 Å². The number of hydrogen-bond acceptors (Lipinski definition) is 3. The number of nitrogens with one attached hydrogen (secondary N) is 2. The van der Waals surface area contributed by atoms with Crippen LogP contribution in [0.2, 0.25) is 0 Å². The summed E-state index contributed by atoms with van der Waals surface area (Å²) in [5.41, 5.74) is 0.676. The molecule has 0 saturated heterocycles. The molecule has 2 N–H and O–H groups in total. The number of halogens is 4. The van der Waals surface area contributed by atoms with Crippen molar-refractivity contribution in [2.45, 2.75) is 32.0 Å². The highest BCUT2D eigenvalue weighted by molar-refractivity contribution is 5.97. The summed E-state index contributed by atoms with van der Waals surface area (Å²) in [7, 11) is 0. The Morgan fingerprint density at radius 1 is 1.38 bits per heavy atom. The first-order valence-electron chi connectivity index (χ1n) is 7.73. The fourth-order valence-corrected chi connectivity index (χ4v) is 2.51. The van der Waals surface area contributed by atoms with Crippen molar-refractivity contribution in [2.24, 2.45) is 0 Å². The highest BCUT2D eigenvalue weighted by Gasteiger charge is 2.38. The number of carbonyl (C=O) groups excluding carboxylic acids is 2. The molecule has 0 aromatic heterocycles. The maximum atomic E-state index is 12.8. The molecule has 0 aliphatic carbocycles. The van der Waals surface area contributed by atoms with Gasteiger partial charge in [-0.1, -0.05) is 0 Å². The molecule has 1 aromatic rings. The van der Waals surface area contributed by atoms with Crippen LogP contribution >= 0.6 is 0 Å². The van der Waals surface area contributed by atoms with Gasteiger partial charge in [-0.15, -0.1) is 0 Å². The van der Waals surface area contributed by atoms with E-state index in [-0.39, 0.29) is 24.4 Å². The number of benzene rings is 1. The van der Waals surface area contributed by atoms with Gasteiger partial charge in [0.1, 0.15) is 12.4 Å². The average Bonchev–Trinajstić information content (AvgIpc) is 2.52. The van der Waals surface area contributed by atoms with E-state index in [0.717, 1.165) is 5.56 Å². The van der Waals surface area contributed by atoms with Crippen LogP contribution in [-0.4, -0.2) is 36.7 Å². The fourth-order valence-electron chi connectivity index (χ4n) is 2.51. The summed E-state index contributed by atoms with van der Waals surface area (Å²) in [5.74, 6) is -2.02. The van der Waals surface area contributed by atoms with Crippen molar-refractivity contribution in [1.29, 1.82) is 0 Å². The predicted octanol–water partition coefficient (Wildman–Crippen LogP) is 2.66. The Bertz CT molecular complexity index is 742. The van der Waals surface area contributed by atoms with Gasteiger partial charge in [-0.2, -0.15) is 13.2 Å². The van der Waals surface area contributed by atoms with E-state index in [2.05, 4.69) is 5.32 Å². The number of alkyl halides is 3. The van der Waals surface area contributed by atoms with Crippen LogP contribution in [0.4, 0.5) is 17.6 Å². The second-order valence-corrected chi connectivity index (χ2v) is 6.57. The Balaban J connectivity index is 1.99. The predicted molar refractivity (Wildman–Crippen MR) is 85.4 cm³/mol. The summed E-state index contributed by atoms with van der Waals surface area (Å²) in [6.07, 6.45) is -4.38. The van der Waals surface area contributed by atoms with E-state index in [9.17, 15) is 27.2 Å². The Morgan fingerprint density at radius 2 is 2.08 bits per heavy atom. The molecule has 1 heterocycles. The topological polar surface area (TPSA) is 67.4 Å². The molecule has 2 amide bonds. The molecule has 1 aliphatic heterocycles. The van der Waals surface area contributed by atoms with Crippen LogP contribution in [0, 0.1) is 0 Å². The van der Waals surface area contributed by atoms with Gasteiger partial charge >= 0.3 is 12.1 Å². The van der Waals surface area contributed by atoms with Gasteiger partial charge in [-0.05, 0) is 44.0 Å². The molecular formula is C17H18F4N2O3. The smallest absolute Gasteiger partial charge is 0.471 e. The number of rotatable bonds is 5. The van der Waals surface area contributed by atoms with Crippen LogP contribution < -0.4 is 15.4 Å². The van der Waals surface area contributed by atoms with Gasteiger partial charge < -0.3 is 15.4 Å². The molecule has 9 heteroatoms. The van der Waals surface area contributed by atoms with Crippen LogP contribution in [-0.2, 0) is 11.2 Å². The second kappa shape index (κ2) is 7.35. The van der Waals surface area contributed by atoms with Gasteiger partial charge in [-0.25, -0.2) is 4.39 Å². The quantitative estimate of drug-likeness (QED) is 0.779. The first kappa shape index (κ1) is 19.7. The lowest BCUT2D eigenvalue weighted by atomic mass is 9.87. The van der Waals surface area contributed by atoms with Gasteiger partial charge in [0.25, 0.3) is 5.91 Å². The molecule has 0 saturated carbocycles. The zero-order valence-corrected chi connectivity index (χ0v) is 14.2. The minimum atomic E-state index is -5.03. The molecule has 142 valence electrons. The van der Waals surface area contributed by atoms with E-state index >= 15 is 0 Å². The van der Waals surface area contributed by atoms with Crippen molar-refractivity contribution in [3.63, 3.8) is 0 Å². The molecule has 1 aliphatic rings. The molecular weight excluding hydrogens is 356 g/mol. The molecule has 1 aromatic carbocycles. The van der Waals surface area contributed by atoms with Crippen LogP contribution in [0.15, 0.2) is 30.1 Å². The SMILES string of the molecule is CC1(C)Cc2cc(OC/C(=C/F)CNC(=O)C(F)(F)F)ccc2C(=O)N1. The monoisotopic (exact) mass is 374 g/mol. The number of ether oxygens (including phenoxy) is 1. The van der Waals surface area contributed by atoms with Crippen molar-refractivity contribution < 1.29 is 31.9 Å². The van der Waals surface area contributed by atoms with Crippen molar-refractivity contribution in [3.05, 3.63) is 41.2 Å². The summed E-state index contributed by atoms with van der Waals surface area (Å²) in [4.78, 5) is 22.8. The van der Waals surface area contributed by atoms with Crippen molar-refractivity contribution in [1.82, 2.24) is 10.6 Å². The Kier molecular flexibility index (Phi) is 5.58. The lowest BCUT2D eigenvalue weighted by Gasteiger charge is -2.32. The first-order valence-corrected chi connectivity index (χ1v) is 7.73. The zero-order valence-electron chi connectivity index (χ0n) is 14.2. The fraction of sp³-hybridized carbons (Fsp3) is 0.412. The third-order valence-corrected chi connectivity index (χ3v) is 3.72. The summed E-state index contributed by atoms with van der Waals surface area (Å²) in [6, 6.07) is 4.72. The van der Waals surface area contributed by atoms with Crippen LogP contribution in [0.5, 0.6) is 5.75 Å². The van der Waals surface area contributed by atoms with Crippen LogP contribution in [0.25, 0.3) is 0 Å². The van der Waals surface area contributed by atoms with E-state index < -0.39 is 24.2 Å². The highest BCUT2D eigenvalue weighted by Crippen LogP contribution is 2.26. The highest BCUT2D eigenvalue weighted by atomic mass is 19.4. The second-order valence-electron chi connectivity index (χ2n) is 6.57. The molecule has 2 rings (SSSR count). The van der Waals surface area contributed by atoms with Crippen LogP contribution in [0.1, 0.15) is 29.8 Å². The van der Waals surface area contributed by atoms with E-state index in [1.807, 2.05) is 13.8 Å². The molecule has 0 fully saturated rings. The van der Waals surface area contributed by atoms with E-state index in [0.29, 0.717) is 17.7 Å². The number of carbonyl (C=O) groups is 2. The molecule has 0 unspecified atom stereocenters. The van der Waals surface area contributed by atoms with Gasteiger partial charge in [0.15, 0.2) is 0 Å². The lowest BCUT2D eigenvalue weighted by molar-refractivity contribution is -0.173. The summed E-state index contributed by atoms with van der Waals surface area (Å²) >= 11 is 0. The van der Waals surface area contributed by atoms with Gasteiger partial charge in [0.05, 0.1) is 6.33 Å². The molecule has 0 bridgehead atoms. The lowest BCUT2D eigenvalue weighted by Crippen LogP contribution is -2.49. The van der Waals surface area contributed by atoms with Gasteiger partial charge in [-0.3, -0.25) is 9.59 Å². The summed E-state index contributed by atoms with van der Waals surface area (Å²) in [5, 5.41) is 4.43. The zero-order chi connectivity index (χ0) is 19.5. The Hall–Kier alpha value is -2.58. The normalized spacial score (nSPS) is 16.5. The largest absolute Gasteiger partial charge is 0.489 e. The van der Waals surface area contributed by atoms with Crippen molar-refractivity contribution >= 4 is 11.8 Å². The van der Waals surface area contributed by atoms with Crippen molar-refractivity contribution in [3.8, 4) is 5.75 Å². The Labute approximate surface area is 147 Å². The van der Waals surface area contributed by atoms with E-state index in [4.69, 9.17) is 4.74 Å². The molecule has 26 heavy (non-hydrogen) atoms. The number of amides is 2. The average molecular weight is 374 g/mol. The molecule has 0 spiro atoms. The molecule has 5 nitrogen and oxygen atoms in total. The standard InChI is InChI=1S/C17H18F4N2O3/c1-16(2)6-11-5-12(3-4-13(11)14(24)23-16)26-9-10(7-18)8-22-15(25)17(19,20)21/h3-5,7H,6,8-9H2,1-2H3,(H,22,25)(H,23,24)/b10-7+. The third-order valence-electron chi connectivity index (χ3n) is 3.72. The summed E-state index contributed by atoms with van der Waals surface area (Å²) < 4.78 is 54.5. The molecule has 0 radical (unpaired) electrons. The maximum Gasteiger partial charge on any atom is 0.471 e. The van der Waals surface area contributed by atoms with Crippen molar-refractivity contribution in [2.75, 3.05) is 13.2 Å². The van der Waals surface area contributed by atoms with Crippen LogP contribution in [0.3, 0.4) is 0 Å². The first-order chi connectivity index (χ1) is 12.0.